The number of aromatic nitrogens is 1. The van der Waals surface area contributed by atoms with Gasteiger partial charge in [-0.3, -0.25) is 9.79 Å². The highest BCUT2D eigenvalue weighted by Gasteiger charge is 2.04. The van der Waals surface area contributed by atoms with Gasteiger partial charge in [-0.15, -0.1) is 0 Å². The lowest BCUT2D eigenvalue weighted by molar-refractivity contribution is 0.0963. The maximum Gasteiger partial charge on any atom is 0.251 e. The average Bonchev–Trinajstić information content (AvgIpc) is 2.70. The van der Waals surface area contributed by atoms with Crippen molar-refractivity contribution in [2.24, 2.45) is 4.99 Å². The van der Waals surface area contributed by atoms with Crippen molar-refractivity contribution in [3.8, 4) is 5.88 Å². The molecule has 2 rings (SSSR count). The third-order valence-electron chi connectivity index (χ3n) is 3.81. The summed E-state index contributed by atoms with van der Waals surface area (Å²) in [4.78, 5) is 20.0. The van der Waals surface area contributed by atoms with Crippen LogP contribution in [0.15, 0.2) is 47.6 Å². The number of hydrogen-bond acceptors (Lipinski definition) is 4. The molecule has 0 saturated carbocycles. The molecule has 0 aliphatic carbocycles. The van der Waals surface area contributed by atoms with E-state index in [0.29, 0.717) is 30.5 Å². The second-order valence-electron chi connectivity index (χ2n) is 5.59. The SMILES string of the molecule is CN=C(NCCc1cccc(C(=O)NC)c1)NCc1ccnc(OC)c1. The van der Waals surface area contributed by atoms with Gasteiger partial charge in [-0.25, -0.2) is 4.98 Å². The van der Waals surface area contributed by atoms with Gasteiger partial charge in [-0.2, -0.15) is 0 Å². The van der Waals surface area contributed by atoms with Crippen LogP contribution >= 0.6 is 0 Å². The number of nitrogens with zero attached hydrogens (tertiary/aromatic N) is 2. The van der Waals surface area contributed by atoms with Crippen LogP contribution in [0.2, 0.25) is 0 Å². The molecule has 1 amide bonds. The van der Waals surface area contributed by atoms with E-state index in [4.69, 9.17) is 4.74 Å². The summed E-state index contributed by atoms with van der Waals surface area (Å²) in [7, 11) is 4.96. The summed E-state index contributed by atoms with van der Waals surface area (Å²) in [5, 5.41) is 9.16. The van der Waals surface area contributed by atoms with Gasteiger partial charge in [0.1, 0.15) is 0 Å². The van der Waals surface area contributed by atoms with Crippen LogP contribution in [0.3, 0.4) is 0 Å². The molecule has 1 heterocycles. The van der Waals surface area contributed by atoms with E-state index < -0.39 is 0 Å². The van der Waals surface area contributed by atoms with E-state index in [2.05, 4.69) is 25.9 Å². The number of amides is 1. The van der Waals surface area contributed by atoms with Gasteiger partial charge < -0.3 is 20.7 Å². The molecule has 26 heavy (non-hydrogen) atoms. The Balaban J connectivity index is 1.82. The van der Waals surface area contributed by atoms with Crippen molar-refractivity contribution < 1.29 is 9.53 Å². The summed E-state index contributed by atoms with van der Waals surface area (Å²) < 4.78 is 5.12. The quantitative estimate of drug-likeness (QED) is 0.516. The summed E-state index contributed by atoms with van der Waals surface area (Å²) in [6.45, 7) is 1.32. The molecule has 3 N–H and O–H groups in total. The molecule has 0 radical (unpaired) electrons. The number of ether oxygens (including phenoxy) is 1. The van der Waals surface area contributed by atoms with Crippen molar-refractivity contribution in [1.29, 1.82) is 0 Å². The number of pyridine rings is 1. The molecular formula is C19H25N5O2. The van der Waals surface area contributed by atoms with E-state index in [1.807, 2.05) is 30.3 Å². The molecule has 0 aliphatic rings. The van der Waals surface area contributed by atoms with Crippen LogP contribution < -0.4 is 20.7 Å². The number of methoxy groups -OCH3 is 1. The fourth-order valence-corrected chi connectivity index (χ4v) is 2.42. The molecule has 1 aromatic carbocycles. The van der Waals surface area contributed by atoms with Crippen molar-refractivity contribution in [2.45, 2.75) is 13.0 Å². The number of benzene rings is 1. The number of guanidine groups is 1. The molecule has 0 fully saturated rings. The molecule has 2 aromatic rings. The van der Waals surface area contributed by atoms with E-state index in [9.17, 15) is 4.79 Å². The first kappa shape index (κ1) is 19.2. The largest absolute Gasteiger partial charge is 0.481 e. The predicted molar refractivity (Wildman–Crippen MR) is 103 cm³/mol. The maximum absolute atomic E-state index is 11.7. The van der Waals surface area contributed by atoms with Crippen molar-refractivity contribution in [3.63, 3.8) is 0 Å². The molecule has 0 spiro atoms. The van der Waals surface area contributed by atoms with E-state index in [-0.39, 0.29) is 5.91 Å². The highest BCUT2D eigenvalue weighted by Crippen LogP contribution is 2.08. The van der Waals surface area contributed by atoms with Crippen LogP contribution in [-0.2, 0) is 13.0 Å². The molecular weight excluding hydrogens is 330 g/mol. The summed E-state index contributed by atoms with van der Waals surface area (Å²) in [5.41, 5.74) is 2.81. The molecule has 7 heteroatoms. The third kappa shape index (κ3) is 5.77. The minimum atomic E-state index is -0.0786. The van der Waals surface area contributed by atoms with Crippen LogP contribution in [0.4, 0.5) is 0 Å². The number of aliphatic imine (C=N–C) groups is 1. The Morgan fingerprint density at radius 3 is 2.77 bits per heavy atom. The second-order valence-corrected chi connectivity index (χ2v) is 5.59. The zero-order valence-corrected chi connectivity index (χ0v) is 15.4. The molecule has 0 atom stereocenters. The van der Waals surface area contributed by atoms with Crippen LogP contribution in [0.1, 0.15) is 21.5 Å². The maximum atomic E-state index is 11.7. The van der Waals surface area contributed by atoms with Gasteiger partial charge in [0, 0.05) is 45.0 Å². The molecule has 0 aliphatic heterocycles. The first-order chi connectivity index (χ1) is 12.7. The molecule has 1 aromatic heterocycles. The Bertz CT molecular complexity index is 761. The number of rotatable bonds is 7. The minimum absolute atomic E-state index is 0.0786. The van der Waals surface area contributed by atoms with Crippen molar-refractivity contribution in [3.05, 3.63) is 59.3 Å². The Morgan fingerprint density at radius 1 is 1.19 bits per heavy atom. The summed E-state index contributed by atoms with van der Waals surface area (Å²) >= 11 is 0. The van der Waals surface area contributed by atoms with Gasteiger partial charge in [0.25, 0.3) is 5.91 Å². The molecule has 0 unspecified atom stereocenters. The number of nitrogens with one attached hydrogen (secondary N) is 3. The third-order valence-corrected chi connectivity index (χ3v) is 3.81. The van der Waals surface area contributed by atoms with Gasteiger partial charge in [0.2, 0.25) is 5.88 Å². The summed E-state index contributed by atoms with van der Waals surface area (Å²) in [6, 6.07) is 11.4. The highest BCUT2D eigenvalue weighted by atomic mass is 16.5. The van der Waals surface area contributed by atoms with Crippen LogP contribution in [0.25, 0.3) is 0 Å². The molecule has 138 valence electrons. The van der Waals surface area contributed by atoms with Gasteiger partial charge in [-0.1, -0.05) is 12.1 Å². The Kier molecular flexibility index (Phi) is 7.42. The van der Waals surface area contributed by atoms with Gasteiger partial charge in [0.05, 0.1) is 7.11 Å². The lowest BCUT2D eigenvalue weighted by Crippen LogP contribution is -2.37. The van der Waals surface area contributed by atoms with E-state index in [0.717, 1.165) is 17.5 Å². The van der Waals surface area contributed by atoms with Crippen LogP contribution in [0.5, 0.6) is 5.88 Å². The van der Waals surface area contributed by atoms with Crippen molar-refractivity contribution >= 4 is 11.9 Å². The van der Waals surface area contributed by atoms with E-state index in [1.54, 1.807) is 33.5 Å². The van der Waals surface area contributed by atoms with Crippen LogP contribution in [0, 0.1) is 0 Å². The first-order valence-corrected chi connectivity index (χ1v) is 8.40. The Hall–Kier alpha value is -3.09. The fraction of sp³-hybridized carbons (Fsp3) is 0.316. The van der Waals surface area contributed by atoms with Gasteiger partial charge in [-0.05, 0) is 35.7 Å². The molecule has 0 saturated heterocycles. The predicted octanol–water partition coefficient (Wildman–Crippen LogP) is 1.36. The average molecular weight is 355 g/mol. The molecule has 0 bridgehead atoms. The first-order valence-electron chi connectivity index (χ1n) is 8.40. The number of carbonyl (C=O) groups is 1. The molecule has 7 nitrogen and oxygen atoms in total. The topological polar surface area (TPSA) is 87.6 Å². The van der Waals surface area contributed by atoms with Crippen molar-refractivity contribution in [1.82, 2.24) is 20.9 Å². The van der Waals surface area contributed by atoms with Crippen LogP contribution in [-0.4, -0.2) is 44.6 Å². The lowest BCUT2D eigenvalue weighted by atomic mass is 10.1. The standard InChI is InChI=1S/C19H25N5O2/c1-20-18(25)16-6-4-5-14(11-16)7-10-23-19(21-2)24-13-15-8-9-22-17(12-15)26-3/h4-6,8-9,11-12H,7,10,13H2,1-3H3,(H,20,25)(H2,21,23,24). The number of carbonyl (C=O) groups excluding carboxylic acids is 1. The second kappa shape index (κ2) is 10.0. The van der Waals surface area contributed by atoms with Gasteiger partial charge in [0.15, 0.2) is 5.96 Å². The Morgan fingerprint density at radius 2 is 2.04 bits per heavy atom. The smallest absolute Gasteiger partial charge is 0.251 e. The Labute approximate surface area is 153 Å². The zero-order valence-electron chi connectivity index (χ0n) is 15.4. The monoisotopic (exact) mass is 355 g/mol. The normalized spacial score (nSPS) is 11.0. The zero-order chi connectivity index (χ0) is 18.8. The van der Waals surface area contributed by atoms with Gasteiger partial charge >= 0.3 is 0 Å². The van der Waals surface area contributed by atoms with E-state index in [1.165, 1.54) is 0 Å². The fourth-order valence-electron chi connectivity index (χ4n) is 2.42. The summed E-state index contributed by atoms with van der Waals surface area (Å²) in [5.74, 6) is 1.22. The lowest BCUT2D eigenvalue weighted by Gasteiger charge is -2.12. The number of hydrogen-bond donors (Lipinski definition) is 3. The highest BCUT2D eigenvalue weighted by molar-refractivity contribution is 5.94. The van der Waals surface area contributed by atoms with Crippen molar-refractivity contribution in [2.75, 3.05) is 27.7 Å². The minimum Gasteiger partial charge on any atom is -0.481 e. The summed E-state index contributed by atoms with van der Waals surface area (Å²) in [6.07, 6.45) is 2.50. The van der Waals surface area contributed by atoms with E-state index >= 15 is 0 Å².